The SMILES string of the molecule is COC(=O)CSc1nnc(-c2cccc(S(=O)(=O)N3CCCCCC3)c2)o1. The number of esters is 1. The van der Waals surface area contributed by atoms with Crippen LogP contribution in [0.5, 0.6) is 0 Å². The topological polar surface area (TPSA) is 103 Å². The number of thioether (sulfide) groups is 1. The minimum Gasteiger partial charge on any atom is -0.468 e. The van der Waals surface area contributed by atoms with Crippen LogP contribution in [0.15, 0.2) is 38.8 Å². The second-order valence-electron chi connectivity index (χ2n) is 6.08. The normalized spacial score (nSPS) is 16.0. The fourth-order valence-corrected chi connectivity index (χ4v) is 4.94. The number of benzene rings is 1. The molecule has 1 aliphatic heterocycles. The van der Waals surface area contributed by atoms with Crippen molar-refractivity contribution in [3.63, 3.8) is 0 Å². The molecule has 2 aromatic rings. The van der Waals surface area contributed by atoms with Crippen LogP contribution in [-0.4, -0.2) is 54.8 Å². The third-order valence-electron chi connectivity index (χ3n) is 4.23. The van der Waals surface area contributed by atoms with E-state index in [9.17, 15) is 13.2 Å². The minimum absolute atomic E-state index is 0.0571. The first-order valence-corrected chi connectivity index (χ1v) is 11.1. The number of aromatic nitrogens is 2. The van der Waals surface area contributed by atoms with Gasteiger partial charge in [-0.05, 0) is 31.0 Å². The van der Waals surface area contributed by atoms with E-state index in [0.29, 0.717) is 18.7 Å². The molecule has 3 rings (SSSR count). The molecule has 0 aliphatic carbocycles. The van der Waals surface area contributed by atoms with Crippen molar-refractivity contribution in [1.29, 1.82) is 0 Å². The van der Waals surface area contributed by atoms with E-state index in [1.165, 1.54) is 7.11 Å². The van der Waals surface area contributed by atoms with Crippen molar-refractivity contribution in [2.75, 3.05) is 26.0 Å². The highest BCUT2D eigenvalue weighted by atomic mass is 32.2. The highest BCUT2D eigenvalue weighted by molar-refractivity contribution is 7.99. The summed E-state index contributed by atoms with van der Waals surface area (Å²) in [6, 6.07) is 6.49. The van der Waals surface area contributed by atoms with Gasteiger partial charge in [0.25, 0.3) is 5.22 Å². The van der Waals surface area contributed by atoms with E-state index in [1.54, 1.807) is 28.6 Å². The van der Waals surface area contributed by atoms with Crippen LogP contribution in [0, 0.1) is 0 Å². The number of methoxy groups -OCH3 is 1. The summed E-state index contributed by atoms with van der Waals surface area (Å²) in [4.78, 5) is 11.4. The van der Waals surface area contributed by atoms with Gasteiger partial charge in [-0.2, -0.15) is 4.31 Å². The lowest BCUT2D eigenvalue weighted by atomic mass is 10.2. The maximum absolute atomic E-state index is 12.9. The summed E-state index contributed by atoms with van der Waals surface area (Å²) >= 11 is 1.06. The second kappa shape index (κ2) is 8.85. The summed E-state index contributed by atoms with van der Waals surface area (Å²) in [6.45, 7) is 1.09. The van der Waals surface area contributed by atoms with Gasteiger partial charge in [-0.25, -0.2) is 8.42 Å². The van der Waals surface area contributed by atoms with Crippen LogP contribution in [0.3, 0.4) is 0 Å². The van der Waals surface area contributed by atoms with E-state index in [-0.39, 0.29) is 21.8 Å². The van der Waals surface area contributed by atoms with Gasteiger partial charge < -0.3 is 9.15 Å². The van der Waals surface area contributed by atoms with Crippen molar-refractivity contribution in [1.82, 2.24) is 14.5 Å². The Balaban J connectivity index is 1.79. The van der Waals surface area contributed by atoms with Crippen LogP contribution >= 0.6 is 11.8 Å². The van der Waals surface area contributed by atoms with E-state index in [1.807, 2.05) is 0 Å². The molecule has 0 spiro atoms. The van der Waals surface area contributed by atoms with Crippen LogP contribution in [-0.2, 0) is 19.6 Å². The number of nitrogens with zero attached hydrogens (tertiary/aromatic N) is 3. The van der Waals surface area contributed by atoms with E-state index in [4.69, 9.17) is 4.42 Å². The summed E-state index contributed by atoms with van der Waals surface area (Å²) in [5.41, 5.74) is 0.517. The zero-order valence-corrected chi connectivity index (χ0v) is 16.6. The number of sulfonamides is 1. The molecule has 8 nitrogen and oxygen atoms in total. The van der Waals surface area contributed by atoms with Crippen LogP contribution in [0.2, 0.25) is 0 Å². The lowest BCUT2D eigenvalue weighted by molar-refractivity contribution is -0.137. The molecule has 0 amide bonds. The average molecular weight is 412 g/mol. The average Bonchev–Trinajstić information content (AvgIpc) is 2.98. The van der Waals surface area contributed by atoms with Gasteiger partial charge in [0.05, 0.1) is 12.0 Å². The predicted molar refractivity (Wildman–Crippen MR) is 99.7 cm³/mol. The Bertz CT molecular complexity index is 889. The Morgan fingerprint density at radius 2 is 1.96 bits per heavy atom. The zero-order chi connectivity index (χ0) is 19.3. The standard InChI is InChI=1S/C17H21N3O5S2/c1-24-15(21)12-26-17-19-18-16(25-17)13-7-6-8-14(11-13)27(22,23)20-9-4-2-3-5-10-20/h6-8,11H,2-5,9-10,12H2,1H3. The molecular weight excluding hydrogens is 390 g/mol. The Kier molecular flexibility index (Phi) is 6.51. The van der Waals surface area contributed by atoms with Crippen LogP contribution in [0.1, 0.15) is 25.7 Å². The maximum Gasteiger partial charge on any atom is 0.316 e. The number of hydrogen-bond acceptors (Lipinski definition) is 8. The molecule has 0 N–H and O–H groups in total. The molecule has 146 valence electrons. The molecule has 1 fully saturated rings. The first-order chi connectivity index (χ1) is 13.0. The van der Waals surface area contributed by atoms with Gasteiger partial charge in [0.15, 0.2) is 0 Å². The number of carbonyl (C=O) groups is 1. The third kappa shape index (κ3) is 4.88. The van der Waals surface area contributed by atoms with Gasteiger partial charge in [-0.3, -0.25) is 4.79 Å². The summed E-state index contributed by atoms with van der Waals surface area (Å²) in [5, 5.41) is 8.03. The van der Waals surface area contributed by atoms with Gasteiger partial charge >= 0.3 is 5.97 Å². The highest BCUT2D eigenvalue weighted by Crippen LogP contribution is 2.27. The monoisotopic (exact) mass is 411 g/mol. The van der Waals surface area contributed by atoms with Crippen molar-refractivity contribution >= 4 is 27.8 Å². The second-order valence-corrected chi connectivity index (χ2v) is 8.95. The van der Waals surface area contributed by atoms with Gasteiger partial charge in [0.2, 0.25) is 15.9 Å². The molecule has 2 heterocycles. The largest absolute Gasteiger partial charge is 0.468 e. The number of hydrogen-bond donors (Lipinski definition) is 0. The number of ether oxygens (including phenoxy) is 1. The van der Waals surface area contributed by atoms with Crippen molar-refractivity contribution in [3.05, 3.63) is 24.3 Å². The molecule has 1 aliphatic rings. The smallest absolute Gasteiger partial charge is 0.316 e. The summed E-state index contributed by atoms with van der Waals surface area (Å²) in [5.74, 6) is -0.137. The molecule has 1 aromatic heterocycles. The number of carbonyl (C=O) groups excluding carboxylic acids is 1. The first kappa shape index (κ1) is 19.8. The fraction of sp³-hybridized carbons (Fsp3) is 0.471. The van der Waals surface area contributed by atoms with Crippen molar-refractivity contribution in [3.8, 4) is 11.5 Å². The zero-order valence-electron chi connectivity index (χ0n) is 15.0. The van der Waals surface area contributed by atoms with Gasteiger partial charge in [0, 0.05) is 18.7 Å². The molecule has 10 heteroatoms. The Morgan fingerprint density at radius 3 is 2.67 bits per heavy atom. The quantitative estimate of drug-likeness (QED) is 0.528. The van der Waals surface area contributed by atoms with Gasteiger partial charge in [-0.15, -0.1) is 10.2 Å². The molecule has 0 atom stereocenters. The van der Waals surface area contributed by atoms with Crippen LogP contribution in [0.4, 0.5) is 0 Å². The molecule has 1 saturated heterocycles. The summed E-state index contributed by atoms with van der Waals surface area (Å²) in [6.07, 6.45) is 3.87. The lowest BCUT2D eigenvalue weighted by Crippen LogP contribution is -2.31. The fourth-order valence-electron chi connectivity index (χ4n) is 2.79. The molecule has 1 aromatic carbocycles. The molecule has 0 saturated carbocycles. The number of rotatable bonds is 6. The summed E-state index contributed by atoms with van der Waals surface area (Å²) < 4.78 is 37.5. The summed E-state index contributed by atoms with van der Waals surface area (Å²) in [7, 11) is -2.25. The molecule has 0 radical (unpaired) electrons. The first-order valence-electron chi connectivity index (χ1n) is 8.64. The van der Waals surface area contributed by atoms with E-state index in [2.05, 4.69) is 14.9 Å². The third-order valence-corrected chi connectivity index (χ3v) is 6.92. The van der Waals surface area contributed by atoms with E-state index < -0.39 is 16.0 Å². The Morgan fingerprint density at radius 1 is 1.22 bits per heavy atom. The minimum atomic E-state index is -3.56. The van der Waals surface area contributed by atoms with E-state index >= 15 is 0 Å². The van der Waals surface area contributed by atoms with Gasteiger partial charge in [-0.1, -0.05) is 30.7 Å². The Labute approximate surface area is 162 Å². The van der Waals surface area contributed by atoms with Crippen LogP contribution < -0.4 is 0 Å². The molecular formula is C17H21N3O5S2. The molecule has 0 unspecified atom stereocenters. The van der Waals surface area contributed by atoms with Crippen molar-refractivity contribution in [2.24, 2.45) is 0 Å². The molecule has 27 heavy (non-hydrogen) atoms. The van der Waals surface area contributed by atoms with Crippen molar-refractivity contribution in [2.45, 2.75) is 35.8 Å². The molecule has 0 bridgehead atoms. The van der Waals surface area contributed by atoms with Crippen LogP contribution in [0.25, 0.3) is 11.5 Å². The van der Waals surface area contributed by atoms with Crippen molar-refractivity contribution < 1.29 is 22.4 Å². The van der Waals surface area contributed by atoms with Gasteiger partial charge in [0.1, 0.15) is 5.75 Å². The Hall–Kier alpha value is -1.91. The lowest BCUT2D eigenvalue weighted by Gasteiger charge is -2.20. The maximum atomic E-state index is 12.9. The predicted octanol–water partition coefficient (Wildman–Crippen LogP) is 2.57. The van der Waals surface area contributed by atoms with E-state index in [0.717, 1.165) is 37.4 Å². The highest BCUT2D eigenvalue weighted by Gasteiger charge is 2.25.